The lowest BCUT2D eigenvalue weighted by Gasteiger charge is -2.29. The van der Waals surface area contributed by atoms with E-state index in [1.54, 1.807) is 24.3 Å². The van der Waals surface area contributed by atoms with Crippen molar-refractivity contribution >= 4 is 73.5 Å². The molecule has 6 heterocycles. The molecule has 0 radical (unpaired) electrons. The molecular weight excluding hydrogens is 1140 g/mol. The maximum atomic E-state index is 14.2. The summed E-state index contributed by atoms with van der Waals surface area (Å²) in [5.74, 6) is -0.795. The van der Waals surface area contributed by atoms with Crippen molar-refractivity contribution in [2.75, 3.05) is 25.6 Å². The average molecular weight is 1230 g/mol. The summed E-state index contributed by atoms with van der Waals surface area (Å²) in [5.41, 5.74) is 13.4. The first-order chi connectivity index (χ1) is 42.4. The quantitative estimate of drug-likeness (QED) is 0.0304. The van der Waals surface area contributed by atoms with Crippen molar-refractivity contribution in [2.24, 2.45) is 0 Å². The van der Waals surface area contributed by atoms with E-state index in [1.807, 2.05) is 36.9 Å². The monoisotopic (exact) mass is 1230 g/mol. The Balaban J connectivity index is 0.000000202. The van der Waals surface area contributed by atoms with Gasteiger partial charge >= 0.3 is 11.9 Å². The van der Waals surface area contributed by atoms with Gasteiger partial charge in [0.25, 0.3) is 5.91 Å². The van der Waals surface area contributed by atoms with E-state index in [0.29, 0.717) is 55.0 Å². The van der Waals surface area contributed by atoms with Crippen LogP contribution in [0.15, 0.2) is 79.4 Å². The molecule has 12 rings (SSSR count). The predicted octanol–water partition coefficient (Wildman–Crippen LogP) is 15.2. The highest BCUT2D eigenvalue weighted by Crippen LogP contribution is 2.48. The number of benzene rings is 3. The van der Waals surface area contributed by atoms with Crippen LogP contribution in [0.2, 0.25) is 51.4 Å². The van der Waals surface area contributed by atoms with Crippen LogP contribution in [-0.2, 0) is 63.2 Å². The molecule has 3 saturated carbocycles. The molecule has 0 unspecified atom stereocenters. The van der Waals surface area contributed by atoms with Crippen molar-refractivity contribution in [1.29, 1.82) is 0 Å². The lowest BCUT2D eigenvalue weighted by atomic mass is 9.82. The lowest BCUT2D eigenvalue weighted by molar-refractivity contribution is -0.134. The van der Waals surface area contributed by atoms with Crippen LogP contribution in [0, 0.1) is 0 Å². The minimum atomic E-state index is -1.21. The van der Waals surface area contributed by atoms with E-state index >= 15 is 0 Å². The molecule has 3 fully saturated rings. The SMILES string of the molecule is COC(=O)/C=C/c1ccc(NC(=O)C2(NC(=O)c3ccc4c(C5CCCCC5)c5n(c4c3)CCCc3ncn(COCC[Si](C)(C)C)c3-5)CCCC2)cc1.C[Si](C)(C)CCOCn1cnc2c1-c1c(C3CCCCC3)c3ccc(C(=O)O)cc3n1CCC2. The Morgan fingerprint density at radius 1 is 0.625 bits per heavy atom. The summed E-state index contributed by atoms with van der Waals surface area (Å²) in [5, 5.41) is 18.4. The number of carboxylic acid groups (broad SMARTS) is 1. The summed E-state index contributed by atoms with van der Waals surface area (Å²) >= 11 is 0. The van der Waals surface area contributed by atoms with Gasteiger partial charge in [0, 0.05) is 81.6 Å². The van der Waals surface area contributed by atoms with Gasteiger partial charge in [0.1, 0.15) is 19.0 Å². The number of methoxy groups -OCH3 is 1. The Bertz CT molecular complexity index is 3690. The number of nitrogens with one attached hydrogen (secondary N) is 2. The number of ether oxygens (including phenoxy) is 3. The van der Waals surface area contributed by atoms with Gasteiger partial charge < -0.3 is 48.2 Å². The Labute approximate surface area is 520 Å². The summed E-state index contributed by atoms with van der Waals surface area (Å²) in [6.45, 7) is 18.5. The van der Waals surface area contributed by atoms with Crippen LogP contribution in [0.3, 0.4) is 0 Å². The van der Waals surface area contributed by atoms with Gasteiger partial charge in [0.15, 0.2) is 0 Å². The molecule has 18 heteroatoms. The van der Waals surface area contributed by atoms with Crippen molar-refractivity contribution in [3.63, 3.8) is 0 Å². The minimum Gasteiger partial charge on any atom is -0.478 e. The number of carboxylic acids is 1. The molecular formula is C70H92N8O8Si2. The van der Waals surface area contributed by atoms with Crippen molar-refractivity contribution < 1.29 is 38.5 Å². The largest absolute Gasteiger partial charge is 0.478 e. The van der Waals surface area contributed by atoms with E-state index < -0.39 is 33.6 Å². The first-order valence-electron chi connectivity index (χ1n) is 32.7. The number of carbonyl (C=O) groups excluding carboxylic acids is 3. The summed E-state index contributed by atoms with van der Waals surface area (Å²) in [6.07, 6.45) is 25.9. The standard InChI is InChI=1S/C43H55N5O5Si.C27H37N3O3Si/c1-52-37(49)21-16-30-14-18-33(19-15-30)45-42(51)43(22-8-9-23-43)46-41(50)32-17-20-34-36(27-32)48-24-10-13-35-39(40(48)38(34)31-11-6-5-7-12-31)47(28-44-35)29-53-25-26-54(2,3)4;1-34(2,3)15-14-33-18-29-17-28-22-10-7-13-30-23-16-20(27(31)32)11-12-21(23)24(26(30)25(22)29)19-8-5-4-6-9-19/h14-21,27-28,31H,5-13,22-26,29H2,1-4H3,(H,45,51)(H,46,50);11-12,16-17,19H,4-10,13-15,18H2,1-3H3,(H,31,32)/b21-16+;. The number of aromatic carboxylic acids is 1. The zero-order valence-electron chi connectivity index (χ0n) is 53.1. The second kappa shape index (κ2) is 27.1. The van der Waals surface area contributed by atoms with Crippen molar-refractivity contribution in [2.45, 2.75) is 211 Å². The third-order valence-electron chi connectivity index (χ3n) is 19.1. The van der Waals surface area contributed by atoms with Crippen LogP contribution < -0.4 is 10.6 Å². The number of hydrogen-bond acceptors (Lipinski definition) is 9. The summed E-state index contributed by atoms with van der Waals surface area (Å²) in [6, 6.07) is 21.4. The lowest BCUT2D eigenvalue weighted by Crippen LogP contribution is -2.55. The first-order valence-corrected chi connectivity index (χ1v) is 40.1. The zero-order chi connectivity index (χ0) is 61.7. The molecule has 88 heavy (non-hydrogen) atoms. The van der Waals surface area contributed by atoms with Gasteiger partial charge in [0.2, 0.25) is 5.91 Å². The highest BCUT2D eigenvalue weighted by Gasteiger charge is 2.43. The molecule has 468 valence electrons. The molecule has 5 aliphatic rings. The van der Waals surface area contributed by atoms with E-state index in [-0.39, 0.29) is 11.8 Å². The maximum absolute atomic E-state index is 14.2. The molecule has 3 aliphatic carbocycles. The number of carbonyl (C=O) groups is 4. The molecule has 0 atom stereocenters. The van der Waals surface area contributed by atoms with Gasteiger partial charge in [-0.2, -0.15) is 0 Å². The molecule has 2 amide bonds. The fraction of sp³-hybridized carbons (Fsp3) is 0.514. The summed E-state index contributed by atoms with van der Waals surface area (Å²) in [7, 11) is -1.02. The second-order valence-corrected chi connectivity index (χ2v) is 39.1. The molecule has 7 aromatic rings. The van der Waals surface area contributed by atoms with Gasteiger partial charge in [-0.15, -0.1) is 0 Å². The van der Waals surface area contributed by atoms with Crippen molar-refractivity contribution in [3.8, 4) is 22.8 Å². The number of aryl methyl sites for hydroxylation is 4. The molecule has 0 saturated heterocycles. The third kappa shape index (κ3) is 13.9. The Morgan fingerprint density at radius 3 is 1.59 bits per heavy atom. The number of aromatic nitrogens is 6. The Kier molecular flexibility index (Phi) is 19.3. The number of amides is 2. The van der Waals surface area contributed by atoms with Crippen LogP contribution >= 0.6 is 0 Å². The Morgan fingerprint density at radius 2 is 1.11 bits per heavy atom. The third-order valence-corrected chi connectivity index (χ3v) is 22.5. The first kappa shape index (κ1) is 62.7. The van der Waals surface area contributed by atoms with E-state index in [4.69, 9.17) is 19.4 Å². The number of nitrogens with zero attached hydrogens (tertiary/aromatic N) is 6. The van der Waals surface area contributed by atoms with Gasteiger partial charge in [-0.1, -0.05) is 115 Å². The summed E-state index contributed by atoms with van der Waals surface area (Å²) < 4.78 is 26.4. The van der Waals surface area contributed by atoms with E-state index in [1.165, 1.54) is 104 Å². The highest BCUT2D eigenvalue weighted by atomic mass is 28.3. The number of rotatable bonds is 19. The average Bonchev–Trinajstić information content (AvgIpc) is 1.61. The van der Waals surface area contributed by atoms with Crippen LogP contribution in [0.25, 0.3) is 50.7 Å². The number of anilines is 1. The molecule has 0 spiro atoms. The number of imidazole rings is 2. The van der Waals surface area contributed by atoms with Crippen LogP contribution in [0.4, 0.5) is 5.69 Å². The smallest absolute Gasteiger partial charge is 0.335 e. The van der Waals surface area contributed by atoms with E-state index in [9.17, 15) is 24.3 Å². The predicted molar refractivity (Wildman–Crippen MR) is 355 cm³/mol. The normalized spacial score (nSPS) is 17.1. The number of hydrogen-bond donors (Lipinski definition) is 3. The van der Waals surface area contributed by atoms with Crippen LogP contribution in [-0.4, -0.2) is 99.1 Å². The Hall–Kier alpha value is -6.87. The van der Waals surface area contributed by atoms with Gasteiger partial charge in [0.05, 0.1) is 59.5 Å². The molecule has 3 aromatic carbocycles. The van der Waals surface area contributed by atoms with Crippen LogP contribution in [0.5, 0.6) is 0 Å². The van der Waals surface area contributed by atoms with Gasteiger partial charge in [-0.3, -0.25) is 9.59 Å². The fourth-order valence-corrected chi connectivity index (χ4v) is 15.8. The van der Waals surface area contributed by atoms with Crippen molar-refractivity contribution in [1.82, 2.24) is 33.6 Å². The number of fused-ring (bicyclic) bond motifs is 10. The molecule has 2 aliphatic heterocycles. The van der Waals surface area contributed by atoms with Crippen LogP contribution in [0.1, 0.15) is 163 Å². The van der Waals surface area contributed by atoms with E-state index in [0.717, 1.165) is 123 Å². The topological polar surface area (TPSA) is 186 Å². The zero-order valence-corrected chi connectivity index (χ0v) is 55.1. The summed E-state index contributed by atoms with van der Waals surface area (Å²) in [4.78, 5) is 61.1. The number of esters is 1. The van der Waals surface area contributed by atoms with Gasteiger partial charge in [-0.05, 0) is 147 Å². The van der Waals surface area contributed by atoms with Crippen molar-refractivity contribution in [3.05, 3.63) is 119 Å². The molecule has 3 N–H and O–H groups in total. The molecule has 0 bridgehead atoms. The minimum absolute atomic E-state index is 0.212. The second-order valence-electron chi connectivity index (χ2n) is 27.9. The maximum Gasteiger partial charge on any atom is 0.335 e. The fourth-order valence-electron chi connectivity index (χ4n) is 14.3. The molecule has 16 nitrogen and oxygen atoms in total. The van der Waals surface area contributed by atoms with E-state index in [2.05, 4.69) is 91.1 Å². The highest BCUT2D eigenvalue weighted by molar-refractivity contribution is 6.76. The van der Waals surface area contributed by atoms with Gasteiger partial charge in [-0.25, -0.2) is 19.6 Å². The molecule has 4 aromatic heterocycles.